The van der Waals surface area contributed by atoms with E-state index >= 15 is 0 Å². The van der Waals surface area contributed by atoms with E-state index in [2.05, 4.69) is 6.92 Å². The molecule has 0 heterocycles. The number of carbonyl (C=O) groups is 1. The molecule has 1 rings (SSSR count). The van der Waals surface area contributed by atoms with Crippen LogP contribution in [0.25, 0.3) is 0 Å². The molecule has 0 spiro atoms. The van der Waals surface area contributed by atoms with Gasteiger partial charge in [-0.15, -0.1) is 0 Å². The highest BCUT2D eigenvalue weighted by atomic mass is 16.5. The molecular weight excluding hydrogens is 152 g/mol. The minimum atomic E-state index is -0.152. The van der Waals surface area contributed by atoms with Crippen LogP contribution in [0.15, 0.2) is 0 Å². The van der Waals surface area contributed by atoms with Gasteiger partial charge >= 0.3 is 0 Å². The molecular formula is C10H18O2. The van der Waals surface area contributed by atoms with E-state index in [-0.39, 0.29) is 5.41 Å². The van der Waals surface area contributed by atoms with Crippen LogP contribution in [-0.4, -0.2) is 20.0 Å². The van der Waals surface area contributed by atoms with Crippen molar-refractivity contribution in [1.82, 2.24) is 0 Å². The highest BCUT2D eigenvalue weighted by Crippen LogP contribution is 2.37. The molecule has 0 unspecified atom stereocenters. The van der Waals surface area contributed by atoms with Crippen molar-refractivity contribution >= 4 is 6.29 Å². The Morgan fingerprint density at radius 2 is 2.08 bits per heavy atom. The topological polar surface area (TPSA) is 26.3 Å². The van der Waals surface area contributed by atoms with Crippen LogP contribution in [0.1, 0.15) is 32.6 Å². The molecule has 0 atom stereocenters. The maximum Gasteiger partial charge on any atom is 0.128 e. The van der Waals surface area contributed by atoms with Crippen LogP contribution in [0.2, 0.25) is 0 Å². The number of methoxy groups -OCH3 is 1. The number of aldehydes is 1. The van der Waals surface area contributed by atoms with E-state index in [9.17, 15) is 4.79 Å². The Morgan fingerprint density at radius 3 is 2.50 bits per heavy atom. The largest absolute Gasteiger partial charge is 0.384 e. The summed E-state index contributed by atoms with van der Waals surface area (Å²) in [6.07, 6.45) is 5.45. The molecule has 1 fully saturated rings. The summed E-state index contributed by atoms with van der Waals surface area (Å²) in [5, 5.41) is 0. The third-order valence-electron chi connectivity index (χ3n) is 2.95. The van der Waals surface area contributed by atoms with Gasteiger partial charge in [0.15, 0.2) is 0 Å². The maximum atomic E-state index is 10.9. The summed E-state index contributed by atoms with van der Waals surface area (Å²) in [5.74, 6) is 0.787. The van der Waals surface area contributed by atoms with E-state index in [0.717, 1.165) is 25.0 Å². The van der Waals surface area contributed by atoms with E-state index < -0.39 is 0 Å². The van der Waals surface area contributed by atoms with E-state index in [0.29, 0.717) is 6.61 Å². The molecule has 0 aliphatic heterocycles. The van der Waals surface area contributed by atoms with Crippen LogP contribution in [0.3, 0.4) is 0 Å². The average Bonchev–Trinajstić information content (AvgIpc) is 2.10. The first kappa shape index (κ1) is 9.72. The highest BCUT2D eigenvalue weighted by Gasteiger charge is 2.33. The van der Waals surface area contributed by atoms with E-state index in [1.165, 1.54) is 12.8 Å². The molecule has 0 radical (unpaired) electrons. The van der Waals surface area contributed by atoms with Gasteiger partial charge in [-0.25, -0.2) is 0 Å². The lowest BCUT2D eigenvalue weighted by molar-refractivity contribution is -0.121. The highest BCUT2D eigenvalue weighted by molar-refractivity contribution is 5.59. The van der Waals surface area contributed by atoms with Crippen molar-refractivity contribution in [3.8, 4) is 0 Å². The van der Waals surface area contributed by atoms with Crippen LogP contribution < -0.4 is 0 Å². The zero-order chi connectivity index (χ0) is 9.03. The Hall–Kier alpha value is -0.370. The summed E-state index contributed by atoms with van der Waals surface area (Å²) < 4.78 is 5.08. The minimum Gasteiger partial charge on any atom is -0.384 e. The van der Waals surface area contributed by atoms with Gasteiger partial charge in [0.1, 0.15) is 6.29 Å². The molecule has 1 saturated carbocycles. The summed E-state index contributed by atoms with van der Waals surface area (Å²) >= 11 is 0. The molecule has 70 valence electrons. The number of hydrogen-bond acceptors (Lipinski definition) is 2. The third-order valence-corrected chi connectivity index (χ3v) is 2.95. The van der Waals surface area contributed by atoms with Crippen molar-refractivity contribution in [3.05, 3.63) is 0 Å². The van der Waals surface area contributed by atoms with Gasteiger partial charge in [-0.1, -0.05) is 6.92 Å². The van der Waals surface area contributed by atoms with Gasteiger partial charge in [0.05, 0.1) is 6.61 Å². The fourth-order valence-corrected chi connectivity index (χ4v) is 1.92. The van der Waals surface area contributed by atoms with E-state index in [4.69, 9.17) is 4.74 Å². The predicted octanol–water partition coefficient (Wildman–Crippen LogP) is 2.03. The van der Waals surface area contributed by atoms with Crippen molar-refractivity contribution in [2.75, 3.05) is 13.7 Å². The van der Waals surface area contributed by atoms with Crippen LogP contribution in [0.4, 0.5) is 0 Å². The molecule has 12 heavy (non-hydrogen) atoms. The van der Waals surface area contributed by atoms with Gasteiger partial charge in [0.2, 0.25) is 0 Å². The Bertz CT molecular complexity index is 146. The molecule has 1 aliphatic carbocycles. The number of ether oxygens (including phenoxy) is 1. The van der Waals surface area contributed by atoms with Gasteiger partial charge in [-0.3, -0.25) is 0 Å². The second-order valence-electron chi connectivity index (χ2n) is 4.10. The number of carbonyl (C=O) groups excluding carboxylic acids is 1. The van der Waals surface area contributed by atoms with Gasteiger partial charge in [-0.05, 0) is 31.6 Å². The summed E-state index contributed by atoms with van der Waals surface area (Å²) in [6, 6.07) is 0. The quantitative estimate of drug-likeness (QED) is 0.606. The summed E-state index contributed by atoms with van der Waals surface area (Å²) in [5.41, 5.74) is -0.152. The first-order valence-electron chi connectivity index (χ1n) is 4.68. The zero-order valence-corrected chi connectivity index (χ0v) is 8.01. The van der Waals surface area contributed by atoms with Gasteiger partial charge < -0.3 is 9.53 Å². The summed E-state index contributed by atoms with van der Waals surface area (Å²) in [6.45, 7) is 2.85. The predicted molar refractivity (Wildman–Crippen MR) is 48.0 cm³/mol. The van der Waals surface area contributed by atoms with Crippen molar-refractivity contribution < 1.29 is 9.53 Å². The Morgan fingerprint density at radius 1 is 1.50 bits per heavy atom. The molecule has 0 bridgehead atoms. The Labute approximate surface area is 74.3 Å². The fraction of sp³-hybridized carbons (Fsp3) is 0.900. The molecule has 0 N–H and O–H groups in total. The van der Waals surface area contributed by atoms with Gasteiger partial charge in [-0.2, -0.15) is 0 Å². The molecule has 0 aromatic heterocycles. The number of rotatable bonds is 3. The second-order valence-corrected chi connectivity index (χ2v) is 4.10. The van der Waals surface area contributed by atoms with E-state index in [1.807, 2.05) is 0 Å². The zero-order valence-electron chi connectivity index (χ0n) is 8.01. The van der Waals surface area contributed by atoms with Crippen LogP contribution in [-0.2, 0) is 9.53 Å². The third kappa shape index (κ3) is 2.07. The maximum absolute atomic E-state index is 10.9. The molecule has 0 saturated heterocycles. The normalized spacial score (nSPS) is 36.3. The SMILES string of the molecule is COCC1(C=O)CCC(C)CC1. The molecule has 0 aromatic carbocycles. The monoisotopic (exact) mass is 170 g/mol. The lowest BCUT2D eigenvalue weighted by Gasteiger charge is -2.34. The minimum absolute atomic E-state index is 0.152. The first-order valence-corrected chi connectivity index (χ1v) is 4.68. The van der Waals surface area contributed by atoms with Crippen molar-refractivity contribution in [2.24, 2.45) is 11.3 Å². The van der Waals surface area contributed by atoms with E-state index in [1.54, 1.807) is 7.11 Å². The molecule has 0 amide bonds. The fourth-order valence-electron chi connectivity index (χ4n) is 1.92. The lowest BCUT2D eigenvalue weighted by Crippen LogP contribution is -2.32. The average molecular weight is 170 g/mol. The molecule has 2 heteroatoms. The Kier molecular flexibility index (Phi) is 3.27. The van der Waals surface area contributed by atoms with Crippen molar-refractivity contribution in [3.63, 3.8) is 0 Å². The summed E-state index contributed by atoms with van der Waals surface area (Å²) in [4.78, 5) is 10.9. The van der Waals surface area contributed by atoms with Crippen LogP contribution in [0, 0.1) is 11.3 Å². The molecule has 2 nitrogen and oxygen atoms in total. The van der Waals surface area contributed by atoms with Gasteiger partial charge in [0, 0.05) is 12.5 Å². The number of hydrogen-bond donors (Lipinski definition) is 0. The Balaban J connectivity index is 2.50. The summed E-state index contributed by atoms with van der Waals surface area (Å²) in [7, 11) is 1.67. The second kappa shape index (κ2) is 4.04. The first-order chi connectivity index (χ1) is 5.72. The van der Waals surface area contributed by atoms with Crippen molar-refractivity contribution in [2.45, 2.75) is 32.6 Å². The van der Waals surface area contributed by atoms with Crippen molar-refractivity contribution in [1.29, 1.82) is 0 Å². The lowest BCUT2D eigenvalue weighted by atomic mass is 9.72. The molecule has 0 aromatic rings. The smallest absolute Gasteiger partial charge is 0.128 e. The standard InChI is InChI=1S/C10H18O2/c1-9-3-5-10(7-11,6-4-9)8-12-2/h7,9H,3-6,8H2,1-2H3. The van der Waals surface area contributed by atoms with Gasteiger partial charge in [0.25, 0.3) is 0 Å². The molecule has 1 aliphatic rings. The van der Waals surface area contributed by atoms with Crippen LogP contribution in [0.5, 0.6) is 0 Å². The van der Waals surface area contributed by atoms with Crippen LogP contribution >= 0.6 is 0 Å².